The molecule has 0 saturated carbocycles. The second kappa shape index (κ2) is 9.27. The Hall–Kier alpha value is -4.11. The summed E-state index contributed by atoms with van der Waals surface area (Å²) >= 11 is 0. The summed E-state index contributed by atoms with van der Waals surface area (Å²) in [6.07, 6.45) is 1.92. The molecule has 0 fully saturated rings. The average Bonchev–Trinajstić information content (AvgIpc) is 3.41. The lowest BCUT2D eigenvalue weighted by atomic mass is 9.97. The molecule has 8 nitrogen and oxygen atoms in total. The van der Waals surface area contributed by atoms with Crippen LogP contribution >= 0.6 is 0 Å². The van der Waals surface area contributed by atoms with E-state index in [1.807, 2.05) is 61.5 Å². The lowest BCUT2D eigenvalue weighted by Crippen LogP contribution is -2.01. The highest BCUT2D eigenvalue weighted by molar-refractivity contribution is 7.90. The summed E-state index contributed by atoms with van der Waals surface area (Å²) in [5.74, 6) is 1.08. The first kappa shape index (κ1) is 22.7. The normalized spacial score (nSPS) is 11.6. The van der Waals surface area contributed by atoms with E-state index >= 15 is 0 Å². The summed E-state index contributed by atoms with van der Waals surface area (Å²) in [4.78, 5) is 4.85. The molecular formula is C26H23N5O3S. The van der Waals surface area contributed by atoms with Crippen LogP contribution in [-0.4, -0.2) is 40.3 Å². The van der Waals surface area contributed by atoms with Crippen molar-refractivity contribution in [3.05, 3.63) is 84.1 Å². The number of sulfone groups is 1. The van der Waals surface area contributed by atoms with Gasteiger partial charge in [0, 0.05) is 29.0 Å². The van der Waals surface area contributed by atoms with Gasteiger partial charge in [0.1, 0.15) is 12.4 Å². The highest BCUT2D eigenvalue weighted by Crippen LogP contribution is 2.32. The molecule has 35 heavy (non-hydrogen) atoms. The van der Waals surface area contributed by atoms with Gasteiger partial charge < -0.3 is 4.74 Å². The van der Waals surface area contributed by atoms with Crippen LogP contribution in [-0.2, 0) is 22.9 Å². The SMILES string of the molecule is CCc1cc(OCc2ccc(-c3ccccc3)c(-c3nn[nH]n3)c2)c2cc(S(C)(=O)=O)ccc2n1. The van der Waals surface area contributed by atoms with Gasteiger partial charge in [-0.2, -0.15) is 5.21 Å². The van der Waals surface area contributed by atoms with Gasteiger partial charge in [0.2, 0.25) is 5.82 Å². The van der Waals surface area contributed by atoms with Crippen LogP contribution in [0.5, 0.6) is 5.75 Å². The maximum Gasteiger partial charge on any atom is 0.205 e. The van der Waals surface area contributed by atoms with Crippen LogP contribution in [0.1, 0.15) is 18.2 Å². The lowest BCUT2D eigenvalue weighted by Gasteiger charge is -2.14. The van der Waals surface area contributed by atoms with Crippen molar-refractivity contribution in [3.8, 4) is 28.3 Å². The predicted molar refractivity (Wildman–Crippen MR) is 134 cm³/mol. The van der Waals surface area contributed by atoms with Gasteiger partial charge in [-0.1, -0.05) is 49.4 Å². The van der Waals surface area contributed by atoms with Crippen molar-refractivity contribution in [2.45, 2.75) is 24.8 Å². The third kappa shape index (κ3) is 4.76. The third-order valence-corrected chi connectivity index (χ3v) is 6.85. The summed E-state index contributed by atoms with van der Waals surface area (Å²) in [7, 11) is -3.36. The van der Waals surface area contributed by atoms with E-state index in [0.717, 1.165) is 34.4 Å². The number of aryl methyl sites for hydroxylation is 1. The summed E-state index contributed by atoms with van der Waals surface area (Å²) < 4.78 is 30.5. The van der Waals surface area contributed by atoms with Crippen molar-refractivity contribution in [1.29, 1.82) is 0 Å². The standard InChI is InChI=1S/C26H23N5O3S/c1-3-19-14-25(23-15-20(35(2,32)33)10-12-24(23)27-19)34-16-17-9-11-21(18-7-5-4-6-8-18)22(13-17)26-28-30-31-29-26/h4-15H,3,16H2,1-2H3,(H,28,29,30,31). The number of ether oxygens (including phenoxy) is 1. The summed E-state index contributed by atoms with van der Waals surface area (Å²) in [6, 6.07) is 22.8. The average molecular weight is 486 g/mol. The molecule has 0 bridgehead atoms. The maximum absolute atomic E-state index is 12.1. The third-order valence-electron chi connectivity index (χ3n) is 5.73. The lowest BCUT2D eigenvalue weighted by molar-refractivity contribution is 0.309. The van der Waals surface area contributed by atoms with Crippen molar-refractivity contribution in [2.75, 3.05) is 6.26 Å². The van der Waals surface area contributed by atoms with Crippen molar-refractivity contribution >= 4 is 20.7 Å². The van der Waals surface area contributed by atoms with E-state index in [2.05, 4.69) is 25.6 Å². The number of tetrazole rings is 1. The molecule has 176 valence electrons. The number of hydrogen-bond acceptors (Lipinski definition) is 7. The highest BCUT2D eigenvalue weighted by atomic mass is 32.2. The number of pyridine rings is 1. The molecule has 9 heteroatoms. The van der Waals surface area contributed by atoms with Gasteiger partial charge >= 0.3 is 0 Å². The zero-order valence-electron chi connectivity index (χ0n) is 19.3. The highest BCUT2D eigenvalue weighted by Gasteiger charge is 2.15. The summed E-state index contributed by atoms with van der Waals surface area (Å²) in [6.45, 7) is 2.29. The molecule has 0 aliphatic carbocycles. The van der Waals surface area contributed by atoms with Crippen LogP contribution in [0.2, 0.25) is 0 Å². The van der Waals surface area contributed by atoms with E-state index in [0.29, 0.717) is 22.5 Å². The number of aromatic nitrogens is 5. The molecule has 0 amide bonds. The first-order valence-electron chi connectivity index (χ1n) is 11.1. The van der Waals surface area contributed by atoms with Crippen LogP contribution in [0.25, 0.3) is 33.4 Å². The molecule has 0 atom stereocenters. The fourth-order valence-electron chi connectivity index (χ4n) is 3.93. The van der Waals surface area contributed by atoms with Crippen molar-refractivity contribution in [2.24, 2.45) is 0 Å². The largest absolute Gasteiger partial charge is 0.488 e. The van der Waals surface area contributed by atoms with Gasteiger partial charge in [0.15, 0.2) is 9.84 Å². The van der Waals surface area contributed by atoms with Crippen LogP contribution in [0, 0.1) is 0 Å². The molecule has 0 spiro atoms. The van der Waals surface area contributed by atoms with E-state index in [1.54, 1.807) is 18.2 Å². The minimum absolute atomic E-state index is 0.229. The number of aromatic amines is 1. The van der Waals surface area contributed by atoms with Crippen molar-refractivity contribution in [3.63, 3.8) is 0 Å². The van der Waals surface area contributed by atoms with Crippen molar-refractivity contribution < 1.29 is 13.2 Å². The molecule has 3 aromatic carbocycles. The Balaban J connectivity index is 1.53. The van der Waals surface area contributed by atoms with E-state index < -0.39 is 9.84 Å². The Kier molecular flexibility index (Phi) is 6.00. The van der Waals surface area contributed by atoms with Crippen LogP contribution in [0.3, 0.4) is 0 Å². The molecule has 0 aliphatic rings. The molecular weight excluding hydrogens is 462 g/mol. The van der Waals surface area contributed by atoms with Gasteiger partial charge in [-0.05, 0) is 52.6 Å². The molecule has 5 rings (SSSR count). The second-order valence-corrected chi connectivity index (χ2v) is 10.2. The molecule has 0 radical (unpaired) electrons. The van der Waals surface area contributed by atoms with Crippen LogP contribution in [0.4, 0.5) is 0 Å². The topological polar surface area (TPSA) is 111 Å². The van der Waals surface area contributed by atoms with Crippen LogP contribution in [0.15, 0.2) is 77.7 Å². The van der Waals surface area contributed by atoms with E-state index in [9.17, 15) is 8.42 Å². The Morgan fingerprint density at radius 2 is 1.77 bits per heavy atom. The smallest absolute Gasteiger partial charge is 0.205 e. The van der Waals surface area contributed by atoms with Gasteiger partial charge in [-0.3, -0.25) is 4.98 Å². The Morgan fingerprint density at radius 3 is 2.49 bits per heavy atom. The number of rotatable bonds is 7. The Morgan fingerprint density at radius 1 is 0.943 bits per heavy atom. The zero-order chi connectivity index (χ0) is 24.4. The number of H-pyrrole nitrogens is 1. The van der Waals surface area contributed by atoms with E-state index in [-0.39, 0.29) is 11.5 Å². The molecule has 0 aliphatic heterocycles. The monoisotopic (exact) mass is 485 g/mol. The van der Waals surface area contributed by atoms with Gasteiger partial charge in [0.05, 0.1) is 10.4 Å². The Bertz CT molecular complexity index is 1600. The quantitative estimate of drug-likeness (QED) is 0.358. The number of hydrogen-bond donors (Lipinski definition) is 1. The van der Waals surface area contributed by atoms with E-state index in [1.165, 1.54) is 6.26 Å². The Labute approximate surface area is 202 Å². The van der Waals surface area contributed by atoms with E-state index in [4.69, 9.17) is 4.74 Å². The number of benzene rings is 3. The fourth-order valence-corrected chi connectivity index (χ4v) is 4.58. The summed E-state index contributed by atoms with van der Waals surface area (Å²) in [5, 5.41) is 15.2. The fraction of sp³-hybridized carbons (Fsp3) is 0.154. The first-order valence-corrected chi connectivity index (χ1v) is 13.0. The van der Waals surface area contributed by atoms with Gasteiger partial charge in [-0.15, -0.1) is 10.2 Å². The molecule has 2 aromatic heterocycles. The zero-order valence-corrected chi connectivity index (χ0v) is 20.1. The molecule has 1 N–H and O–H groups in total. The number of nitrogens with one attached hydrogen (secondary N) is 1. The summed E-state index contributed by atoms with van der Waals surface area (Å²) in [5.41, 5.74) is 5.33. The molecule has 0 saturated heterocycles. The first-order chi connectivity index (χ1) is 16.9. The van der Waals surface area contributed by atoms with Gasteiger partial charge in [0.25, 0.3) is 0 Å². The molecule has 0 unspecified atom stereocenters. The minimum atomic E-state index is -3.36. The minimum Gasteiger partial charge on any atom is -0.488 e. The van der Waals surface area contributed by atoms with Gasteiger partial charge in [-0.25, -0.2) is 8.42 Å². The second-order valence-electron chi connectivity index (χ2n) is 8.19. The molecule has 2 heterocycles. The number of nitrogens with zero attached hydrogens (tertiary/aromatic N) is 4. The number of fused-ring (bicyclic) bond motifs is 1. The maximum atomic E-state index is 12.1. The predicted octanol–water partition coefficient (Wildman–Crippen LogP) is 4.63. The van der Waals surface area contributed by atoms with Crippen molar-refractivity contribution in [1.82, 2.24) is 25.6 Å². The molecule has 5 aromatic rings. The van der Waals surface area contributed by atoms with Crippen LogP contribution < -0.4 is 4.74 Å².